The quantitative estimate of drug-likeness (QED) is 0.269. The van der Waals surface area contributed by atoms with Crippen LogP contribution in [0, 0.1) is 0 Å². The summed E-state index contributed by atoms with van der Waals surface area (Å²) in [4.78, 5) is 42.9. The Kier molecular flexibility index (Phi) is 11.7. The molecule has 1 atom stereocenters. The maximum absolute atomic E-state index is 14.1. The summed E-state index contributed by atoms with van der Waals surface area (Å²) in [7, 11) is -4.52. The van der Waals surface area contributed by atoms with Crippen LogP contribution in [0.25, 0.3) is 0 Å². The van der Waals surface area contributed by atoms with Crippen molar-refractivity contribution in [2.75, 3.05) is 45.9 Å². The van der Waals surface area contributed by atoms with Gasteiger partial charge in [0.25, 0.3) is 5.92 Å². The van der Waals surface area contributed by atoms with Gasteiger partial charge in [0.1, 0.15) is 18.3 Å². The van der Waals surface area contributed by atoms with E-state index in [1.165, 1.54) is 36.1 Å². The average molecular weight is 759 g/mol. The van der Waals surface area contributed by atoms with Crippen molar-refractivity contribution in [3.8, 4) is 5.75 Å². The lowest BCUT2D eigenvalue weighted by Crippen LogP contribution is -2.61. The Morgan fingerprint density at radius 2 is 1.60 bits per heavy atom. The van der Waals surface area contributed by atoms with Crippen LogP contribution in [0.5, 0.6) is 5.75 Å². The molecule has 0 bridgehead atoms. The van der Waals surface area contributed by atoms with Gasteiger partial charge in [-0.1, -0.05) is 31.2 Å². The number of ether oxygens (including phenoxy) is 2. The minimum Gasteiger partial charge on any atom is -0.406 e. The zero-order chi connectivity index (χ0) is 37.7. The van der Waals surface area contributed by atoms with E-state index in [9.17, 15) is 44.8 Å². The van der Waals surface area contributed by atoms with Crippen LogP contribution >= 0.6 is 0 Å². The number of carbonyl (C=O) groups is 3. The van der Waals surface area contributed by atoms with Gasteiger partial charge in [0.2, 0.25) is 27.7 Å². The highest BCUT2D eigenvalue weighted by atomic mass is 32.2. The molecule has 2 aromatic carbocycles. The van der Waals surface area contributed by atoms with Crippen LogP contribution in [0.1, 0.15) is 30.3 Å². The monoisotopic (exact) mass is 758 g/mol. The molecule has 52 heavy (non-hydrogen) atoms. The van der Waals surface area contributed by atoms with Gasteiger partial charge < -0.3 is 24.6 Å². The number of piperazine rings is 1. The summed E-state index contributed by atoms with van der Waals surface area (Å²) in [5.41, 5.74) is 0.218. The number of aromatic nitrogens is 4. The lowest BCUT2D eigenvalue weighted by Gasteiger charge is -2.39. The van der Waals surface area contributed by atoms with E-state index in [2.05, 4.69) is 25.5 Å². The fraction of sp³-hybridized carbons (Fsp3) is 0.484. The van der Waals surface area contributed by atoms with Gasteiger partial charge in [-0.25, -0.2) is 17.2 Å². The fourth-order valence-electron chi connectivity index (χ4n) is 5.52. The van der Waals surface area contributed by atoms with E-state index in [0.29, 0.717) is 31.9 Å². The van der Waals surface area contributed by atoms with E-state index in [4.69, 9.17) is 4.74 Å². The SMILES string of the molecule is CCC(F)(F)c1ccc(CNC(=O)[C@H]2CN(C(=O)Cn3nnc(CC(=O)N4CCOCC4)n3)CCN2S(=O)(=O)c2ccc(OC(F)(F)F)cc2)cc1. The predicted molar refractivity (Wildman–Crippen MR) is 169 cm³/mol. The van der Waals surface area contributed by atoms with Crippen molar-refractivity contribution >= 4 is 27.7 Å². The number of nitrogens with one attached hydrogen (secondary N) is 1. The van der Waals surface area contributed by atoms with Crippen LogP contribution in [0.3, 0.4) is 0 Å². The second kappa shape index (κ2) is 15.9. The average Bonchev–Trinajstić information content (AvgIpc) is 3.56. The summed E-state index contributed by atoms with van der Waals surface area (Å²) in [5.74, 6) is -5.29. The van der Waals surface area contributed by atoms with E-state index in [1.807, 2.05) is 0 Å². The van der Waals surface area contributed by atoms with Crippen LogP contribution in [0.15, 0.2) is 53.4 Å². The number of sulfonamides is 1. The number of morpholine rings is 1. The smallest absolute Gasteiger partial charge is 0.406 e. The maximum Gasteiger partial charge on any atom is 0.573 e. The van der Waals surface area contributed by atoms with E-state index >= 15 is 0 Å². The molecule has 21 heteroatoms. The molecule has 2 fully saturated rings. The number of rotatable bonds is 12. The molecule has 2 aliphatic rings. The summed E-state index contributed by atoms with van der Waals surface area (Å²) in [5, 5.41) is 14.4. The zero-order valence-corrected chi connectivity index (χ0v) is 28.6. The largest absolute Gasteiger partial charge is 0.573 e. The van der Waals surface area contributed by atoms with Crippen molar-refractivity contribution < 1.29 is 54.2 Å². The van der Waals surface area contributed by atoms with Gasteiger partial charge in [-0.3, -0.25) is 14.4 Å². The van der Waals surface area contributed by atoms with Crippen LogP contribution in [0.4, 0.5) is 22.0 Å². The lowest BCUT2D eigenvalue weighted by atomic mass is 10.0. The van der Waals surface area contributed by atoms with Crippen molar-refractivity contribution in [2.45, 2.75) is 56.1 Å². The Balaban J connectivity index is 1.30. The first kappa shape index (κ1) is 38.5. The van der Waals surface area contributed by atoms with Gasteiger partial charge in [0.15, 0.2) is 5.82 Å². The number of alkyl halides is 5. The molecule has 2 saturated heterocycles. The number of amides is 3. The normalized spacial score (nSPS) is 17.5. The van der Waals surface area contributed by atoms with Gasteiger partial charge in [0, 0.05) is 51.3 Å². The van der Waals surface area contributed by atoms with E-state index in [0.717, 1.165) is 33.4 Å². The lowest BCUT2D eigenvalue weighted by molar-refractivity contribution is -0.274. The van der Waals surface area contributed by atoms with Crippen molar-refractivity contribution in [3.05, 3.63) is 65.5 Å². The summed E-state index contributed by atoms with van der Waals surface area (Å²) in [6.07, 6.45) is -5.57. The standard InChI is InChI=1S/C31H35F5N8O7S/c1-2-30(32,33)22-5-3-21(4-6-22)18-37-29(47)25-19-42(11-12-43(25)52(48,49)24-9-7-23(8-10-24)51-31(34,35)36)28(46)20-44-39-26(38-40-44)17-27(45)41-13-15-50-16-14-41/h3-10,25H,2,11-20H2,1H3,(H,37,47)/t25-/m1/s1. The van der Waals surface area contributed by atoms with Crippen molar-refractivity contribution in [3.63, 3.8) is 0 Å². The summed E-state index contributed by atoms with van der Waals surface area (Å²) in [6.45, 7) is 1.38. The Hall–Kier alpha value is -4.76. The van der Waals surface area contributed by atoms with Gasteiger partial charge in [-0.2, -0.15) is 9.10 Å². The Bertz CT molecular complexity index is 1840. The van der Waals surface area contributed by atoms with Crippen molar-refractivity contribution in [2.24, 2.45) is 0 Å². The van der Waals surface area contributed by atoms with Gasteiger partial charge >= 0.3 is 6.36 Å². The molecule has 0 radical (unpaired) electrons. The molecule has 5 rings (SSSR count). The Labute approximate surface area is 294 Å². The molecule has 2 aliphatic heterocycles. The van der Waals surface area contributed by atoms with Crippen molar-refractivity contribution in [1.82, 2.24) is 39.6 Å². The molecule has 282 valence electrons. The minimum absolute atomic E-state index is 0.0792. The van der Waals surface area contributed by atoms with Gasteiger partial charge in [-0.15, -0.1) is 23.4 Å². The summed E-state index contributed by atoms with van der Waals surface area (Å²) in [6, 6.07) is 7.13. The van der Waals surface area contributed by atoms with Crippen LogP contribution in [-0.2, 0) is 54.6 Å². The molecule has 3 amide bonds. The zero-order valence-electron chi connectivity index (χ0n) is 27.8. The van der Waals surface area contributed by atoms with E-state index in [-0.39, 0.29) is 43.4 Å². The summed E-state index contributed by atoms with van der Waals surface area (Å²) < 4.78 is 104. The maximum atomic E-state index is 14.1. The minimum atomic E-state index is -5.01. The van der Waals surface area contributed by atoms with Crippen LogP contribution in [0.2, 0.25) is 0 Å². The molecule has 1 aromatic heterocycles. The van der Waals surface area contributed by atoms with Gasteiger partial charge in [0.05, 0.1) is 24.5 Å². The van der Waals surface area contributed by atoms with Gasteiger partial charge in [-0.05, 0) is 35.0 Å². The molecule has 15 nitrogen and oxygen atoms in total. The number of hydrogen-bond donors (Lipinski definition) is 1. The molecule has 0 saturated carbocycles. The Morgan fingerprint density at radius 3 is 2.23 bits per heavy atom. The number of benzene rings is 2. The first-order valence-electron chi connectivity index (χ1n) is 16.1. The first-order valence-corrected chi connectivity index (χ1v) is 17.5. The highest BCUT2D eigenvalue weighted by molar-refractivity contribution is 7.89. The third-order valence-electron chi connectivity index (χ3n) is 8.38. The second-order valence-electron chi connectivity index (χ2n) is 11.9. The van der Waals surface area contributed by atoms with E-state index < -0.39 is 70.3 Å². The van der Waals surface area contributed by atoms with E-state index in [1.54, 1.807) is 4.90 Å². The molecule has 3 heterocycles. The molecular weight excluding hydrogens is 723 g/mol. The highest BCUT2D eigenvalue weighted by Crippen LogP contribution is 2.31. The number of nitrogens with zero attached hydrogens (tertiary/aromatic N) is 7. The van der Waals surface area contributed by atoms with Crippen LogP contribution < -0.4 is 10.1 Å². The topological polar surface area (TPSA) is 169 Å². The number of tetrazole rings is 1. The number of carbonyl (C=O) groups excluding carboxylic acids is 3. The first-order chi connectivity index (χ1) is 24.6. The highest BCUT2D eigenvalue weighted by Gasteiger charge is 2.42. The third kappa shape index (κ3) is 9.56. The predicted octanol–water partition coefficient (Wildman–Crippen LogP) is 1.69. The molecule has 0 aliphatic carbocycles. The fourth-order valence-corrected chi connectivity index (χ4v) is 7.09. The Morgan fingerprint density at radius 1 is 0.923 bits per heavy atom. The number of hydrogen-bond acceptors (Lipinski definition) is 10. The molecule has 0 spiro atoms. The van der Waals surface area contributed by atoms with Crippen LogP contribution in [-0.4, -0.2) is 119 Å². The second-order valence-corrected chi connectivity index (χ2v) is 13.8. The molecule has 3 aromatic rings. The summed E-state index contributed by atoms with van der Waals surface area (Å²) >= 11 is 0. The van der Waals surface area contributed by atoms with Crippen molar-refractivity contribution in [1.29, 1.82) is 0 Å². The molecule has 1 N–H and O–H groups in total. The molecule has 0 unspecified atom stereocenters. The number of halogens is 5. The third-order valence-corrected chi connectivity index (χ3v) is 10.3. The molecular formula is C31H35F5N8O7S.